The van der Waals surface area contributed by atoms with Crippen LogP contribution in [0.3, 0.4) is 0 Å². The minimum Gasteiger partial charge on any atom is -0.454 e. The number of aromatic amines is 1. The minimum absolute atomic E-state index is 0.0615. The van der Waals surface area contributed by atoms with Gasteiger partial charge in [-0.05, 0) is 36.2 Å². The Morgan fingerprint density at radius 1 is 1.03 bits per heavy atom. The molecule has 3 heterocycles. The number of hydrogen-bond donors (Lipinski definition) is 1. The molecule has 172 valence electrons. The molecule has 8 nitrogen and oxygen atoms in total. The molecule has 1 saturated heterocycles. The monoisotopic (exact) mass is 449 g/mol. The maximum absolute atomic E-state index is 13.4. The van der Waals surface area contributed by atoms with Crippen LogP contribution in [0.5, 0.6) is 11.5 Å². The second-order valence-electron chi connectivity index (χ2n) is 8.23. The third kappa shape index (κ3) is 4.20. The van der Waals surface area contributed by atoms with Crippen LogP contribution in [0.15, 0.2) is 48.7 Å². The maximum atomic E-state index is 13.4. The quantitative estimate of drug-likeness (QED) is 0.642. The van der Waals surface area contributed by atoms with E-state index in [0.29, 0.717) is 45.0 Å². The summed E-state index contributed by atoms with van der Waals surface area (Å²) in [5.74, 6) is 1.34. The summed E-state index contributed by atoms with van der Waals surface area (Å²) in [7, 11) is 0. The molecule has 0 aliphatic carbocycles. The highest BCUT2D eigenvalue weighted by atomic mass is 16.7. The van der Waals surface area contributed by atoms with Crippen LogP contribution < -0.4 is 9.47 Å². The molecule has 2 aliphatic heterocycles. The first-order valence-electron chi connectivity index (χ1n) is 11.3. The Kier molecular flexibility index (Phi) is 5.81. The molecule has 2 aliphatic rings. The van der Waals surface area contributed by atoms with Gasteiger partial charge in [0.15, 0.2) is 11.5 Å². The molecule has 1 N–H and O–H groups in total. The molecular formula is C25H27N3O5. The predicted molar refractivity (Wildman–Crippen MR) is 122 cm³/mol. The van der Waals surface area contributed by atoms with Crippen molar-refractivity contribution in [2.75, 3.05) is 39.6 Å². The van der Waals surface area contributed by atoms with Crippen LogP contribution in [0, 0.1) is 0 Å². The standard InChI is InChI=1S/C25H27N3O5/c1-2-31-25(30)28-11-9-27(10-12-28)24(29)14-19(17-7-8-22-23(13-17)33-16-32-22)20-15-26-21-6-4-3-5-18(20)21/h3-8,13,15,19,26H,2,9-12,14,16H2,1H3/t19-/m0/s1. The van der Waals surface area contributed by atoms with Gasteiger partial charge in [0.05, 0.1) is 6.61 Å². The highest BCUT2D eigenvalue weighted by Gasteiger charge is 2.29. The molecular weight excluding hydrogens is 422 g/mol. The fourth-order valence-electron chi connectivity index (χ4n) is 4.58. The molecule has 1 aromatic heterocycles. The summed E-state index contributed by atoms with van der Waals surface area (Å²) in [6.45, 7) is 4.30. The summed E-state index contributed by atoms with van der Waals surface area (Å²) in [6.07, 6.45) is 1.99. The van der Waals surface area contributed by atoms with Crippen molar-refractivity contribution in [1.29, 1.82) is 0 Å². The largest absolute Gasteiger partial charge is 0.454 e. The number of para-hydroxylation sites is 1. The summed E-state index contributed by atoms with van der Waals surface area (Å²) in [6, 6.07) is 14.0. The highest BCUT2D eigenvalue weighted by Crippen LogP contribution is 2.39. The molecule has 3 aromatic rings. The lowest BCUT2D eigenvalue weighted by Crippen LogP contribution is -2.50. The Balaban J connectivity index is 1.39. The first-order valence-corrected chi connectivity index (χ1v) is 11.3. The minimum atomic E-state index is -0.318. The van der Waals surface area contributed by atoms with Crippen molar-refractivity contribution in [3.8, 4) is 11.5 Å². The summed E-state index contributed by atoms with van der Waals surface area (Å²) < 4.78 is 16.1. The average molecular weight is 450 g/mol. The number of nitrogens with one attached hydrogen (secondary N) is 1. The third-order valence-electron chi connectivity index (χ3n) is 6.33. The smallest absolute Gasteiger partial charge is 0.409 e. The molecule has 0 unspecified atom stereocenters. The van der Waals surface area contributed by atoms with Gasteiger partial charge in [-0.1, -0.05) is 24.3 Å². The lowest BCUT2D eigenvalue weighted by molar-refractivity contribution is -0.133. The summed E-state index contributed by atoms with van der Waals surface area (Å²) in [4.78, 5) is 32.2. The number of hydrogen-bond acceptors (Lipinski definition) is 5. The summed E-state index contributed by atoms with van der Waals surface area (Å²) >= 11 is 0. The van der Waals surface area contributed by atoms with Gasteiger partial charge in [-0.15, -0.1) is 0 Å². The lowest BCUT2D eigenvalue weighted by atomic mass is 9.87. The zero-order valence-electron chi connectivity index (χ0n) is 18.6. The van der Waals surface area contributed by atoms with Crippen LogP contribution in [-0.4, -0.2) is 66.4 Å². The van der Waals surface area contributed by atoms with Crippen LogP contribution in [0.1, 0.15) is 30.4 Å². The number of aromatic nitrogens is 1. The number of H-pyrrole nitrogens is 1. The number of carbonyl (C=O) groups excluding carboxylic acids is 2. The van der Waals surface area contributed by atoms with Gasteiger partial charge in [-0.3, -0.25) is 4.79 Å². The van der Waals surface area contributed by atoms with Crippen molar-refractivity contribution in [2.24, 2.45) is 0 Å². The van der Waals surface area contributed by atoms with E-state index in [2.05, 4.69) is 11.1 Å². The van der Waals surface area contributed by atoms with Crippen molar-refractivity contribution in [3.05, 3.63) is 59.8 Å². The molecule has 8 heteroatoms. The second kappa shape index (κ2) is 9.05. The van der Waals surface area contributed by atoms with Gasteiger partial charge < -0.3 is 29.0 Å². The number of piperazine rings is 1. The fourth-order valence-corrected chi connectivity index (χ4v) is 4.58. The zero-order valence-corrected chi connectivity index (χ0v) is 18.6. The second-order valence-corrected chi connectivity index (χ2v) is 8.23. The number of fused-ring (bicyclic) bond motifs is 2. The van der Waals surface area contributed by atoms with Crippen molar-refractivity contribution < 1.29 is 23.8 Å². The molecule has 2 aromatic carbocycles. The van der Waals surface area contributed by atoms with Crippen LogP contribution in [0.25, 0.3) is 10.9 Å². The fraction of sp³-hybridized carbons (Fsp3) is 0.360. The van der Waals surface area contributed by atoms with Crippen LogP contribution in [-0.2, 0) is 9.53 Å². The molecule has 33 heavy (non-hydrogen) atoms. The Morgan fingerprint density at radius 3 is 2.61 bits per heavy atom. The van der Waals surface area contributed by atoms with E-state index >= 15 is 0 Å². The maximum Gasteiger partial charge on any atom is 0.409 e. The van der Waals surface area contributed by atoms with Crippen molar-refractivity contribution in [1.82, 2.24) is 14.8 Å². The van der Waals surface area contributed by atoms with Gasteiger partial charge in [0, 0.05) is 55.6 Å². The van der Waals surface area contributed by atoms with Crippen molar-refractivity contribution in [3.63, 3.8) is 0 Å². The number of rotatable bonds is 5. The first kappa shape index (κ1) is 21.2. The van der Waals surface area contributed by atoms with Gasteiger partial charge in [0.2, 0.25) is 12.7 Å². The number of nitrogens with zero attached hydrogens (tertiary/aromatic N) is 2. The lowest BCUT2D eigenvalue weighted by Gasteiger charge is -2.34. The van der Waals surface area contributed by atoms with Gasteiger partial charge >= 0.3 is 6.09 Å². The number of benzene rings is 2. The van der Waals surface area contributed by atoms with Crippen LogP contribution >= 0.6 is 0 Å². The Morgan fingerprint density at radius 2 is 1.79 bits per heavy atom. The van der Waals surface area contributed by atoms with E-state index < -0.39 is 0 Å². The van der Waals surface area contributed by atoms with E-state index in [-0.39, 0.29) is 24.7 Å². The summed E-state index contributed by atoms with van der Waals surface area (Å²) in [5, 5.41) is 1.10. The molecule has 5 rings (SSSR count). The normalized spacial score (nSPS) is 16.2. The van der Waals surface area contributed by atoms with E-state index in [9.17, 15) is 9.59 Å². The highest BCUT2D eigenvalue weighted by molar-refractivity contribution is 5.86. The number of amides is 2. The Hall–Kier alpha value is -3.68. The average Bonchev–Trinajstić information content (AvgIpc) is 3.49. The van der Waals surface area contributed by atoms with E-state index in [1.807, 2.05) is 47.5 Å². The van der Waals surface area contributed by atoms with Gasteiger partial charge in [-0.25, -0.2) is 4.79 Å². The number of carbonyl (C=O) groups is 2. The molecule has 1 fully saturated rings. The van der Waals surface area contributed by atoms with Gasteiger partial charge in [0.1, 0.15) is 0 Å². The van der Waals surface area contributed by atoms with Crippen molar-refractivity contribution >= 4 is 22.9 Å². The van der Waals surface area contributed by atoms with E-state index in [4.69, 9.17) is 14.2 Å². The molecule has 0 radical (unpaired) electrons. The third-order valence-corrected chi connectivity index (χ3v) is 6.33. The summed E-state index contributed by atoms with van der Waals surface area (Å²) in [5.41, 5.74) is 3.11. The van der Waals surface area contributed by atoms with Gasteiger partial charge in [-0.2, -0.15) is 0 Å². The molecule has 0 bridgehead atoms. The molecule has 0 saturated carbocycles. The first-order chi connectivity index (χ1) is 16.1. The topological polar surface area (TPSA) is 84.1 Å². The molecule has 2 amide bonds. The Bertz CT molecular complexity index is 1170. The van der Waals surface area contributed by atoms with Crippen LogP contribution in [0.4, 0.5) is 4.79 Å². The van der Waals surface area contributed by atoms with Crippen LogP contribution in [0.2, 0.25) is 0 Å². The molecule has 0 spiro atoms. The van der Waals surface area contributed by atoms with Crippen molar-refractivity contribution in [2.45, 2.75) is 19.3 Å². The van der Waals surface area contributed by atoms with E-state index in [0.717, 1.165) is 27.8 Å². The van der Waals surface area contributed by atoms with E-state index in [1.165, 1.54) is 0 Å². The Labute approximate surface area is 192 Å². The zero-order chi connectivity index (χ0) is 22.8. The van der Waals surface area contributed by atoms with E-state index in [1.54, 1.807) is 11.8 Å². The SMILES string of the molecule is CCOC(=O)N1CCN(C(=O)C[C@@H](c2ccc3c(c2)OCO3)c2c[nH]c3ccccc23)CC1. The van der Waals surface area contributed by atoms with Gasteiger partial charge in [0.25, 0.3) is 0 Å². The predicted octanol–water partition coefficient (Wildman–Crippen LogP) is 3.72. The molecule has 1 atom stereocenters. The number of ether oxygens (including phenoxy) is 3.